The molecule has 1 aliphatic heterocycles. The molecule has 1 unspecified atom stereocenters. The second kappa shape index (κ2) is 7.00. The highest BCUT2D eigenvalue weighted by Gasteiger charge is 2.34. The van der Waals surface area contributed by atoms with Crippen LogP contribution in [0.4, 0.5) is 5.13 Å². The number of aromatic nitrogens is 2. The van der Waals surface area contributed by atoms with Crippen molar-refractivity contribution in [1.82, 2.24) is 14.9 Å². The van der Waals surface area contributed by atoms with Gasteiger partial charge in [0.2, 0.25) is 0 Å². The number of hydrogen-bond donors (Lipinski definition) is 4. The van der Waals surface area contributed by atoms with Gasteiger partial charge in [0.25, 0.3) is 0 Å². The van der Waals surface area contributed by atoms with E-state index in [-0.39, 0.29) is 0 Å². The minimum Gasteiger partial charge on any atom is -0.388 e. The zero-order valence-corrected chi connectivity index (χ0v) is 17.0. The zero-order valence-electron chi connectivity index (χ0n) is 15.4. The van der Waals surface area contributed by atoms with Crippen LogP contribution in [0, 0.1) is 0 Å². The average molecular weight is 419 g/mol. The lowest BCUT2D eigenvalue weighted by Gasteiger charge is -2.36. The van der Waals surface area contributed by atoms with E-state index in [1.165, 1.54) is 4.88 Å². The molecule has 0 saturated heterocycles. The highest BCUT2D eigenvalue weighted by Crippen LogP contribution is 2.35. The molecule has 3 aromatic rings. The first kappa shape index (κ1) is 18.4. The van der Waals surface area contributed by atoms with Gasteiger partial charge in [0.1, 0.15) is 6.23 Å². The van der Waals surface area contributed by atoms with Gasteiger partial charge in [-0.1, -0.05) is 17.7 Å². The second-order valence-electron chi connectivity index (χ2n) is 7.87. The molecule has 1 aromatic carbocycles. The fourth-order valence-corrected chi connectivity index (χ4v) is 5.16. The monoisotopic (exact) mass is 418 g/mol. The van der Waals surface area contributed by atoms with Gasteiger partial charge in [0.15, 0.2) is 5.13 Å². The summed E-state index contributed by atoms with van der Waals surface area (Å²) in [5.41, 5.74) is 2.24. The molecule has 2 aromatic heterocycles. The highest BCUT2D eigenvalue weighted by molar-refractivity contribution is 7.15. The van der Waals surface area contributed by atoms with E-state index in [1.54, 1.807) is 11.3 Å². The Labute approximate surface area is 172 Å². The van der Waals surface area contributed by atoms with Gasteiger partial charge in [-0.2, -0.15) is 0 Å². The van der Waals surface area contributed by atoms with Gasteiger partial charge < -0.3 is 20.5 Å². The van der Waals surface area contributed by atoms with Crippen molar-refractivity contribution in [1.29, 1.82) is 0 Å². The number of aliphatic hydroxyl groups excluding tert-OH is 1. The van der Waals surface area contributed by atoms with Crippen LogP contribution < -0.4 is 5.32 Å². The number of rotatable bonds is 5. The van der Waals surface area contributed by atoms with Crippen LogP contribution in [0.25, 0.3) is 10.9 Å². The Bertz CT molecular complexity index is 1010. The topological polar surface area (TPSA) is 84.4 Å². The average Bonchev–Trinajstić information content (AvgIpc) is 3.26. The smallest absolute Gasteiger partial charge is 0.183 e. The first-order valence-corrected chi connectivity index (χ1v) is 10.8. The number of hydrogen-bond acceptors (Lipinski definition) is 6. The van der Waals surface area contributed by atoms with E-state index in [4.69, 9.17) is 11.6 Å². The molecule has 4 N–H and O–H groups in total. The van der Waals surface area contributed by atoms with Gasteiger partial charge in [-0.15, -0.1) is 11.3 Å². The lowest BCUT2D eigenvalue weighted by molar-refractivity contribution is -0.0202. The molecule has 28 heavy (non-hydrogen) atoms. The van der Waals surface area contributed by atoms with Gasteiger partial charge >= 0.3 is 0 Å². The maximum atomic E-state index is 10.9. The summed E-state index contributed by atoms with van der Waals surface area (Å²) in [5.74, 6) is 0. The molecule has 5 rings (SSSR count). The number of halogens is 1. The fourth-order valence-electron chi connectivity index (χ4n) is 3.96. The van der Waals surface area contributed by atoms with Crippen molar-refractivity contribution in [2.45, 2.75) is 44.1 Å². The van der Waals surface area contributed by atoms with Crippen LogP contribution >= 0.6 is 22.9 Å². The summed E-state index contributed by atoms with van der Waals surface area (Å²) in [5, 5.41) is 27.0. The summed E-state index contributed by atoms with van der Waals surface area (Å²) in [6.07, 6.45) is 2.93. The Morgan fingerprint density at radius 2 is 2.21 bits per heavy atom. The zero-order chi connectivity index (χ0) is 19.3. The lowest BCUT2D eigenvalue weighted by atomic mass is 9.80. The number of nitrogens with one attached hydrogen (secondary N) is 2. The van der Waals surface area contributed by atoms with Crippen molar-refractivity contribution in [3.8, 4) is 0 Å². The number of fused-ring (bicyclic) bond motifs is 2. The first-order chi connectivity index (χ1) is 13.5. The third-order valence-electron chi connectivity index (χ3n) is 5.84. The number of aliphatic hydroxyl groups is 2. The maximum Gasteiger partial charge on any atom is 0.183 e. The summed E-state index contributed by atoms with van der Waals surface area (Å²) in [6, 6.07) is 7.66. The van der Waals surface area contributed by atoms with Crippen molar-refractivity contribution in [3.05, 3.63) is 45.6 Å². The Morgan fingerprint density at radius 3 is 3.00 bits per heavy atom. The molecule has 8 heteroatoms. The van der Waals surface area contributed by atoms with Crippen LogP contribution in [0.15, 0.2) is 24.3 Å². The van der Waals surface area contributed by atoms with Crippen LogP contribution in [0.1, 0.15) is 41.8 Å². The van der Waals surface area contributed by atoms with Gasteiger partial charge in [-0.05, 0) is 42.8 Å². The van der Waals surface area contributed by atoms with Gasteiger partial charge in [0, 0.05) is 41.5 Å². The van der Waals surface area contributed by atoms with E-state index < -0.39 is 11.8 Å². The Kier molecular flexibility index (Phi) is 4.60. The SMILES string of the molecule is OC(c1cc2ccc(Cl)cc2[nH]1)N1CCc2nc(NCC3(O)CCC3)sc2C1. The third-order valence-corrected chi connectivity index (χ3v) is 7.12. The predicted octanol–water partition coefficient (Wildman–Crippen LogP) is 3.65. The quantitative estimate of drug-likeness (QED) is 0.508. The molecule has 2 aliphatic rings. The van der Waals surface area contributed by atoms with Gasteiger partial charge in [0.05, 0.1) is 17.0 Å². The van der Waals surface area contributed by atoms with Gasteiger partial charge in [-0.25, -0.2) is 4.98 Å². The van der Waals surface area contributed by atoms with Crippen molar-refractivity contribution in [2.24, 2.45) is 0 Å². The number of aromatic amines is 1. The second-order valence-corrected chi connectivity index (χ2v) is 9.39. The first-order valence-electron chi connectivity index (χ1n) is 9.64. The Hall–Kier alpha value is -1.64. The molecule has 0 radical (unpaired) electrons. The highest BCUT2D eigenvalue weighted by atomic mass is 35.5. The normalized spacial score (nSPS) is 20.0. The minimum atomic E-state index is -0.700. The fraction of sp³-hybridized carbons (Fsp3) is 0.450. The van der Waals surface area contributed by atoms with Crippen LogP contribution in [0.2, 0.25) is 5.02 Å². The Morgan fingerprint density at radius 1 is 1.36 bits per heavy atom. The summed E-state index contributed by atoms with van der Waals surface area (Å²) in [4.78, 5) is 11.2. The summed E-state index contributed by atoms with van der Waals surface area (Å²) < 4.78 is 0. The van der Waals surface area contributed by atoms with E-state index in [9.17, 15) is 10.2 Å². The standard InChI is InChI=1S/C20H23ClN4O2S/c21-13-3-2-12-8-16(23-15(12)9-13)18(26)25-7-4-14-17(10-25)28-19(24-14)22-11-20(27)5-1-6-20/h2-3,8-9,18,23,26-27H,1,4-7,10-11H2,(H,22,24). The van der Waals surface area contributed by atoms with Crippen molar-refractivity contribution < 1.29 is 10.2 Å². The molecule has 1 saturated carbocycles. The summed E-state index contributed by atoms with van der Waals surface area (Å²) in [7, 11) is 0. The molecule has 0 spiro atoms. The molecule has 6 nitrogen and oxygen atoms in total. The maximum absolute atomic E-state index is 10.9. The molecular weight excluding hydrogens is 396 g/mol. The summed E-state index contributed by atoms with van der Waals surface area (Å²) >= 11 is 7.68. The largest absolute Gasteiger partial charge is 0.388 e. The number of thiazole rings is 1. The number of H-pyrrole nitrogens is 1. The third kappa shape index (κ3) is 3.42. The van der Waals surface area contributed by atoms with Crippen molar-refractivity contribution >= 4 is 39.0 Å². The van der Waals surface area contributed by atoms with Crippen molar-refractivity contribution in [3.63, 3.8) is 0 Å². The molecule has 1 atom stereocenters. The predicted molar refractivity (Wildman–Crippen MR) is 112 cm³/mol. The lowest BCUT2D eigenvalue weighted by Crippen LogP contribution is -2.43. The molecule has 0 bridgehead atoms. The van der Waals surface area contributed by atoms with Gasteiger partial charge in [-0.3, -0.25) is 4.90 Å². The van der Waals surface area contributed by atoms with E-state index in [0.29, 0.717) is 18.1 Å². The molecule has 148 valence electrons. The molecule has 3 heterocycles. The van der Waals surface area contributed by atoms with Crippen molar-refractivity contribution in [2.75, 3.05) is 18.4 Å². The van der Waals surface area contributed by atoms with E-state index in [0.717, 1.165) is 59.7 Å². The number of benzene rings is 1. The number of nitrogens with zero attached hydrogens (tertiary/aromatic N) is 2. The minimum absolute atomic E-state index is 0.559. The van der Waals surface area contributed by atoms with E-state index in [2.05, 4.69) is 20.2 Å². The van der Waals surface area contributed by atoms with Crippen LogP contribution in [0.5, 0.6) is 0 Å². The van der Waals surface area contributed by atoms with E-state index in [1.807, 2.05) is 24.3 Å². The molecular formula is C20H23ClN4O2S. The van der Waals surface area contributed by atoms with Crippen LogP contribution in [-0.2, 0) is 13.0 Å². The summed E-state index contributed by atoms with van der Waals surface area (Å²) in [6.45, 7) is 1.97. The van der Waals surface area contributed by atoms with Crippen LogP contribution in [0.3, 0.4) is 0 Å². The van der Waals surface area contributed by atoms with E-state index >= 15 is 0 Å². The van der Waals surface area contributed by atoms with Crippen LogP contribution in [-0.4, -0.2) is 43.8 Å². The Balaban J connectivity index is 1.29. The molecule has 1 fully saturated rings. The molecule has 1 aliphatic carbocycles. The number of anilines is 1. The molecule has 0 amide bonds.